The maximum atomic E-state index is 11.5. The first-order valence-electron chi connectivity index (χ1n) is 5.40. The first-order valence-corrected chi connectivity index (χ1v) is 5.40. The molecule has 0 unspecified atom stereocenters. The maximum Gasteiger partial charge on any atom is 0.240 e. The third kappa shape index (κ3) is 2.40. The lowest BCUT2D eigenvalue weighted by Crippen LogP contribution is -2.42. The summed E-state index contributed by atoms with van der Waals surface area (Å²) in [6.07, 6.45) is 1.56. The Morgan fingerprint density at radius 1 is 1.31 bits per heavy atom. The van der Waals surface area contributed by atoms with Crippen molar-refractivity contribution in [2.75, 3.05) is 0 Å². The van der Waals surface area contributed by atoms with Gasteiger partial charge in [-0.3, -0.25) is 4.79 Å². The van der Waals surface area contributed by atoms with E-state index < -0.39 is 5.54 Å². The quantitative estimate of drug-likeness (QED) is 0.682. The lowest BCUT2D eigenvalue weighted by Gasteiger charge is -2.10. The Labute approximate surface area is 94.5 Å². The Bertz CT molecular complexity index is 383. The Balaban J connectivity index is 1.87. The van der Waals surface area contributed by atoms with Gasteiger partial charge in [-0.05, 0) is 24.0 Å². The van der Waals surface area contributed by atoms with Crippen molar-refractivity contribution in [2.24, 2.45) is 5.73 Å². The molecule has 0 aliphatic heterocycles. The Kier molecular flexibility index (Phi) is 2.94. The van der Waals surface area contributed by atoms with Gasteiger partial charge in [0, 0.05) is 6.54 Å². The van der Waals surface area contributed by atoms with Gasteiger partial charge >= 0.3 is 0 Å². The second-order valence-corrected chi connectivity index (χ2v) is 4.31. The minimum Gasteiger partial charge on any atom is -0.392 e. The number of nitrogens with one attached hydrogen (secondary N) is 1. The van der Waals surface area contributed by atoms with Crippen LogP contribution in [0.3, 0.4) is 0 Å². The van der Waals surface area contributed by atoms with E-state index in [0.717, 1.165) is 24.0 Å². The SMILES string of the molecule is NC1(C(=O)NCc2ccc(CO)cc2)CC1. The van der Waals surface area contributed by atoms with E-state index in [-0.39, 0.29) is 12.5 Å². The van der Waals surface area contributed by atoms with Gasteiger partial charge in [-0.1, -0.05) is 24.3 Å². The number of aliphatic hydroxyl groups excluding tert-OH is 1. The number of hydrogen-bond acceptors (Lipinski definition) is 3. The molecule has 1 aliphatic carbocycles. The van der Waals surface area contributed by atoms with Gasteiger partial charge < -0.3 is 16.2 Å². The summed E-state index contributed by atoms with van der Waals surface area (Å²) < 4.78 is 0. The van der Waals surface area contributed by atoms with Crippen molar-refractivity contribution in [1.82, 2.24) is 5.32 Å². The van der Waals surface area contributed by atoms with Crippen molar-refractivity contribution in [3.63, 3.8) is 0 Å². The zero-order chi connectivity index (χ0) is 11.6. The number of nitrogens with two attached hydrogens (primary N) is 1. The van der Waals surface area contributed by atoms with Gasteiger partial charge in [-0.25, -0.2) is 0 Å². The monoisotopic (exact) mass is 220 g/mol. The molecule has 1 aromatic rings. The summed E-state index contributed by atoms with van der Waals surface area (Å²) in [5.74, 6) is -0.0706. The predicted molar refractivity (Wildman–Crippen MR) is 60.4 cm³/mol. The number of hydrogen-bond donors (Lipinski definition) is 3. The van der Waals surface area contributed by atoms with Gasteiger partial charge in [0.05, 0.1) is 12.1 Å². The van der Waals surface area contributed by atoms with Crippen molar-refractivity contribution in [3.8, 4) is 0 Å². The Hall–Kier alpha value is -1.39. The molecule has 1 saturated carbocycles. The summed E-state index contributed by atoms with van der Waals surface area (Å²) in [6, 6.07) is 7.47. The first-order chi connectivity index (χ1) is 7.64. The zero-order valence-corrected chi connectivity index (χ0v) is 9.07. The maximum absolute atomic E-state index is 11.5. The fraction of sp³-hybridized carbons (Fsp3) is 0.417. The number of carbonyl (C=O) groups is 1. The van der Waals surface area contributed by atoms with E-state index in [1.807, 2.05) is 24.3 Å². The normalized spacial score (nSPS) is 16.9. The second-order valence-electron chi connectivity index (χ2n) is 4.31. The van der Waals surface area contributed by atoms with Crippen LogP contribution in [0.1, 0.15) is 24.0 Å². The summed E-state index contributed by atoms with van der Waals surface area (Å²) in [6.45, 7) is 0.530. The van der Waals surface area contributed by atoms with Crippen molar-refractivity contribution >= 4 is 5.91 Å². The van der Waals surface area contributed by atoms with Gasteiger partial charge in [0.25, 0.3) is 0 Å². The third-order valence-electron chi connectivity index (χ3n) is 2.90. The highest BCUT2D eigenvalue weighted by molar-refractivity contribution is 5.88. The smallest absolute Gasteiger partial charge is 0.240 e. The van der Waals surface area contributed by atoms with Crippen LogP contribution in [0, 0.1) is 0 Å². The largest absolute Gasteiger partial charge is 0.392 e. The van der Waals surface area contributed by atoms with Crippen molar-refractivity contribution in [3.05, 3.63) is 35.4 Å². The molecule has 1 aromatic carbocycles. The number of aliphatic hydroxyl groups is 1. The highest BCUT2D eigenvalue weighted by Crippen LogP contribution is 2.32. The number of benzene rings is 1. The topological polar surface area (TPSA) is 75.4 Å². The van der Waals surface area contributed by atoms with E-state index in [9.17, 15) is 4.79 Å². The van der Waals surface area contributed by atoms with Crippen LogP contribution >= 0.6 is 0 Å². The Morgan fingerprint density at radius 2 is 1.88 bits per heavy atom. The summed E-state index contributed by atoms with van der Waals surface area (Å²) >= 11 is 0. The van der Waals surface area contributed by atoms with Crippen LogP contribution in [0.25, 0.3) is 0 Å². The van der Waals surface area contributed by atoms with Crippen LogP contribution in [0.5, 0.6) is 0 Å². The molecule has 1 aliphatic rings. The molecule has 0 spiro atoms. The predicted octanol–water partition coefficient (Wildman–Crippen LogP) is 0.286. The molecule has 4 N–H and O–H groups in total. The molecular weight excluding hydrogens is 204 g/mol. The molecule has 86 valence electrons. The Morgan fingerprint density at radius 3 is 2.38 bits per heavy atom. The summed E-state index contributed by atoms with van der Waals surface area (Å²) in [4.78, 5) is 11.5. The standard InChI is InChI=1S/C12H16N2O2/c13-12(5-6-12)11(16)14-7-9-1-3-10(8-15)4-2-9/h1-4,15H,5-8,13H2,(H,14,16). The summed E-state index contributed by atoms with van der Waals surface area (Å²) in [5, 5.41) is 11.7. The van der Waals surface area contributed by atoms with Crippen LogP contribution in [-0.2, 0) is 17.9 Å². The van der Waals surface area contributed by atoms with Crippen molar-refractivity contribution in [2.45, 2.75) is 31.5 Å². The molecule has 0 bridgehead atoms. The van der Waals surface area contributed by atoms with Gasteiger partial charge in [-0.2, -0.15) is 0 Å². The lowest BCUT2D eigenvalue weighted by molar-refractivity contribution is -0.123. The summed E-state index contributed by atoms with van der Waals surface area (Å²) in [5.41, 5.74) is 7.03. The summed E-state index contributed by atoms with van der Waals surface area (Å²) in [7, 11) is 0. The molecule has 0 atom stereocenters. The third-order valence-corrected chi connectivity index (χ3v) is 2.90. The fourth-order valence-corrected chi connectivity index (χ4v) is 1.48. The number of carbonyl (C=O) groups excluding carboxylic acids is 1. The van der Waals surface area contributed by atoms with Gasteiger partial charge in [0.1, 0.15) is 0 Å². The van der Waals surface area contributed by atoms with E-state index in [4.69, 9.17) is 10.8 Å². The molecule has 2 rings (SSSR count). The molecular formula is C12H16N2O2. The second kappa shape index (κ2) is 4.23. The lowest BCUT2D eigenvalue weighted by atomic mass is 10.1. The van der Waals surface area contributed by atoms with Gasteiger partial charge in [-0.15, -0.1) is 0 Å². The van der Waals surface area contributed by atoms with Crippen LogP contribution < -0.4 is 11.1 Å². The molecule has 4 nitrogen and oxygen atoms in total. The molecule has 1 fully saturated rings. The van der Waals surface area contributed by atoms with Crippen LogP contribution in [0.15, 0.2) is 24.3 Å². The molecule has 0 aromatic heterocycles. The molecule has 16 heavy (non-hydrogen) atoms. The molecule has 4 heteroatoms. The van der Waals surface area contributed by atoms with Crippen molar-refractivity contribution < 1.29 is 9.90 Å². The molecule has 0 heterocycles. The molecule has 1 amide bonds. The first kappa shape index (κ1) is 11.1. The van der Waals surface area contributed by atoms with E-state index in [1.165, 1.54) is 0 Å². The average Bonchev–Trinajstić information content (AvgIpc) is 3.06. The van der Waals surface area contributed by atoms with Crippen LogP contribution in [0.4, 0.5) is 0 Å². The van der Waals surface area contributed by atoms with Crippen molar-refractivity contribution in [1.29, 1.82) is 0 Å². The molecule has 0 saturated heterocycles. The van der Waals surface area contributed by atoms with E-state index in [0.29, 0.717) is 6.54 Å². The van der Waals surface area contributed by atoms with Crippen LogP contribution in [-0.4, -0.2) is 16.6 Å². The molecule has 0 radical (unpaired) electrons. The number of rotatable bonds is 4. The van der Waals surface area contributed by atoms with E-state index in [1.54, 1.807) is 0 Å². The highest BCUT2D eigenvalue weighted by atomic mass is 16.3. The van der Waals surface area contributed by atoms with E-state index in [2.05, 4.69) is 5.32 Å². The fourth-order valence-electron chi connectivity index (χ4n) is 1.48. The minimum absolute atomic E-state index is 0.0402. The minimum atomic E-state index is -0.606. The van der Waals surface area contributed by atoms with Crippen LogP contribution in [0.2, 0.25) is 0 Å². The average molecular weight is 220 g/mol. The zero-order valence-electron chi connectivity index (χ0n) is 9.07. The van der Waals surface area contributed by atoms with E-state index >= 15 is 0 Å². The number of amides is 1. The highest BCUT2D eigenvalue weighted by Gasteiger charge is 2.45. The van der Waals surface area contributed by atoms with Gasteiger partial charge in [0.2, 0.25) is 5.91 Å². The van der Waals surface area contributed by atoms with Gasteiger partial charge in [0.15, 0.2) is 0 Å².